The Morgan fingerprint density at radius 2 is 1.89 bits per heavy atom. The van der Waals surface area contributed by atoms with Crippen LogP contribution in [0.5, 0.6) is 0 Å². The largest absolute Gasteiger partial charge is 0.375 e. The predicted octanol–water partition coefficient (Wildman–Crippen LogP) is 4.23. The Hall–Kier alpha value is -1.35. The molecule has 0 amide bonds. The van der Waals surface area contributed by atoms with Crippen LogP contribution in [0.25, 0.3) is 0 Å². The summed E-state index contributed by atoms with van der Waals surface area (Å²) in [6.45, 7) is 10.9. The van der Waals surface area contributed by atoms with Crippen molar-refractivity contribution in [3.8, 4) is 0 Å². The van der Waals surface area contributed by atoms with Crippen LogP contribution < -0.4 is 5.73 Å². The second-order valence-electron chi connectivity index (χ2n) is 6.18. The molecule has 0 saturated heterocycles. The van der Waals surface area contributed by atoms with Crippen LogP contribution in [0.2, 0.25) is 0 Å². The first-order valence-corrected chi connectivity index (χ1v) is 7.41. The number of nitrogens with zero attached hydrogens (tertiary/aromatic N) is 1. The fraction of sp³-hybridized carbons (Fsp3) is 0.438. The third-order valence-corrected chi connectivity index (χ3v) is 4.16. The van der Waals surface area contributed by atoms with E-state index in [0.717, 1.165) is 12.1 Å². The molecule has 0 bridgehead atoms. The lowest BCUT2D eigenvalue weighted by Gasteiger charge is -2.18. The molecule has 2 nitrogen and oxygen atoms in total. The highest BCUT2D eigenvalue weighted by Crippen LogP contribution is 2.33. The molecular formula is C16H22N2S. The van der Waals surface area contributed by atoms with E-state index in [2.05, 4.69) is 57.8 Å². The lowest BCUT2D eigenvalue weighted by molar-refractivity contribution is 0.568. The molecule has 1 aromatic heterocycles. The van der Waals surface area contributed by atoms with E-state index in [1.165, 1.54) is 21.6 Å². The quantitative estimate of drug-likeness (QED) is 0.890. The number of benzene rings is 1. The van der Waals surface area contributed by atoms with Crippen molar-refractivity contribution in [3.63, 3.8) is 0 Å². The second-order valence-corrected chi connectivity index (χ2v) is 7.30. The number of anilines is 1. The SMILES string of the molecule is Cc1ccc(C)c(Cc2sc(N)nc2C(C)(C)C)c1. The van der Waals surface area contributed by atoms with Gasteiger partial charge in [0.25, 0.3) is 0 Å². The molecule has 1 aromatic carbocycles. The van der Waals surface area contributed by atoms with Crippen molar-refractivity contribution >= 4 is 16.5 Å². The summed E-state index contributed by atoms with van der Waals surface area (Å²) >= 11 is 1.62. The van der Waals surface area contributed by atoms with Gasteiger partial charge in [-0.1, -0.05) is 44.5 Å². The van der Waals surface area contributed by atoms with Crippen LogP contribution in [0.4, 0.5) is 5.13 Å². The molecule has 1 heterocycles. The second kappa shape index (κ2) is 4.97. The van der Waals surface area contributed by atoms with Gasteiger partial charge in [-0.2, -0.15) is 0 Å². The minimum absolute atomic E-state index is 0.0428. The van der Waals surface area contributed by atoms with E-state index in [1.807, 2.05) is 0 Å². The third kappa shape index (κ3) is 3.16. The van der Waals surface area contributed by atoms with Gasteiger partial charge in [-0.3, -0.25) is 0 Å². The van der Waals surface area contributed by atoms with Crippen molar-refractivity contribution in [1.82, 2.24) is 4.98 Å². The van der Waals surface area contributed by atoms with E-state index in [1.54, 1.807) is 11.3 Å². The van der Waals surface area contributed by atoms with E-state index < -0.39 is 0 Å². The maximum Gasteiger partial charge on any atom is 0.180 e. The molecule has 3 heteroatoms. The summed E-state index contributed by atoms with van der Waals surface area (Å²) in [5.74, 6) is 0. The molecule has 0 atom stereocenters. The number of hydrogen-bond donors (Lipinski definition) is 1. The minimum atomic E-state index is 0.0428. The van der Waals surface area contributed by atoms with E-state index in [-0.39, 0.29) is 5.41 Å². The number of hydrogen-bond acceptors (Lipinski definition) is 3. The maximum absolute atomic E-state index is 5.91. The summed E-state index contributed by atoms with van der Waals surface area (Å²) < 4.78 is 0. The van der Waals surface area contributed by atoms with Crippen LogP contribution >= 0.6 is 11.3 Å². The van der Waals surface area contributed by atoms with Gasteiger partial charge in [-0.15, -0.1) is 11.3 Å². The number of thiazole rings is 1. The summed E-state index contributed by atoms with van der Waals surface area (Å²) in [7, 11) is 0. The Labute approximate surface area is 119 Å². The number of rotatable bonds is 2. The van der Waals surface area contributed by atoms with Crippen molar-refractivity contribution in [2.45, 2.75) is 46.5 Å². The Morgan fingerprint density at radius 3 is 2.53 bits per heavy atom. The van der Waals surface area contributed by atoms with Crippen LogP contribution in [0.3, 0.4) is 0 Å². The number of aromatic nitrogens is 1. The van der Waals surface area contributed by atoms with Gasteiger partial charge in [0.05, 0.1) is 5.69 Å². The van der Waals surface area contributed by atoms with E-state index in [4.69, 9.17) is 5.73 Å². The standard InChI is InChI=1S/C16H22N2S/c1-10-6-7-11(2)12(8-10)9-13-14(16(3,4)5)18-15(17)19-13/h6-8H,9H2,1-5H3,(H2,17,18). The van der Waals surface area contributed by atoms with E-state index >= 15 is 0 Å². The smallest absolute Gasteiger partial charge is 0.180 e. The highest BCUT2D eigenvalue weighted by atomic mass is 32.1. The monoisotopic (exact) mass is 274 g/mol. The summed E-state index contributed by atoms with van der Waals surface area (Å²) in [6, 6.07) is 6.61. The topological polar surface area (TPSA) is 38.9 Å². The Balaban J connectivity index is 2.41. The normalized spacial score (nSPS) is 11.8. The summed E-state index contributed by atoms with van der Waals surface area (Å²) in [5.41, 5.74) is 11.1. The summed E-state index contributed by atoms with van der Waals surface area (Å²) in [6.07, 6.45) is 0.926. The first-order valence-electron chi connectivity index (χ1n) is 6.59. The lowest BCUT2D eigenvalue weighted by Crippen LogP contribution is -2.14. The zero-order chi connectivity index (χ0) is 14.2. The zero-order valence-electron chi connectivity index (χ0n) is 12.4. The molecule has 0 aliphatic rings. The molecule has 0 radical (unpaired) electrons. The predicted molar refractivity (Wildman–Crippen MR) is 83.9 cm³/mol. The molecule has 102 valence electrons. The van der Waals surface area contributed by atoms with E-state index in [9.17, 15) is 0 Å². The molecule has 0 unspecified atom stereocenters. The van der Waals surface area contributed by atoms with Crippen LogP contribution in [0.1, 0.15) is 48.0 Å². The fourth-order valence-corrected chi connectivity index (χ4v) is 3.30. The Morgan fingerprint density at radius 1 is 1.21 bits per heavy atom. The first-order chi connectivity index (χ1) is 8.77. The van der Waals surface area contributed by atoms with Crippen molar-refractivity contribution in [2.24, 2.45) is 0 Å². The molecule has 2 aromatic rings. The van der Waals surface area contributed by atoms with Crippen molar-refractivity contribution in [2.75, 3.05) is 5.73 Å². The minimum Gasteiger partial charge on any atom is -0.375 e. The molecule has 2 N–H and O–H groups in total. The van der Waals surface area contributed by atoms with Gasteiger partial charge in [0, 0.05) is 16.7 Å². The molecule has 2 rings (SSSR count). The number of nitrogens with two attached hydrogens (primary N) is 1. The zero-order valence-corrected chi connectivity index (χ0v) is 13.2. The molecule has 0 aliphatic heterocycles. The van der Waals surface area contributed by atoms with Crippen LogP contribution in [0.15, 0.2) is 18.2 Å². The van der Waals surface area contributed by atoms with Crippen molar-refractivity contribution in [1.29, 1.82) is 0 Å². The highest BCUT2D eigenvalue weighted by molar-refractivity contribution is 7.15. The Kier molecular flexibility index (Phi) is 3.68. The molecule has 19 heavy (non-hydrogen) atoms. The van der Waals surface area contributed by atoms with Gasteiger partial charge in [-0.05, 0) is 25.0 Å². The van der Waals surface area contributed by atoms with Crippen LogP contribution in [-0.4, -0.2) is 4.98 Å². The van der Waals surface area contributed by atoms with Gasteiger partial charge in [0.15, 0.2) is 5.13 Å². The van der Waals surface area contributed by atoms with E-state index in [0.29, 0.717) is 5.13 Å². The average Bonchev–Trinajstić information content (AvgIpc) is 2.65. The van der Waals surface area contributed by atoms with Gasteiger partial charge in [0.2, 0.25) is 0 Å². The number of nitrogen functional groups attached to an aromatic ring is 1. The molecule has 0 aliphatic carbocycles. The third-order valence-electron chi connectivity index (χ3n) is 3.28. The Bertz CT molecular complexity index is 591. The molecule has 0 fully saturated rings. The van der Waals surface area contributed by atoms with Gasteiger partial charge >= 0.3 is 0 Å². The fourth-order valence-electron chi connectivity index (χ4n) is 2.24. The average molecular weight is 274 g/mol. The van der Waals surface area contributed by atoms with Crippen LogP contribution in [-0.2, 0) is 11.8 Å². The summed E-state index contributed by atoms with van der Waals surface area (Å²) in [4.78, 5) is 5.82. The number of aryl methyl sites for hydroxylation is 2. The van der Waals surface area contributed by atoms with Gasteiger partial charge in [0.1, 0.15) is 0 Å². The maximum atomic E-state index is 5.91. The van der Waals surface area contributed by atoms with Crippen molar-refractivity contribution < 1.29 is 0 Å². The highest BCUT2D eigenvalue weighted by Gasteiger charge is 2.23. The van der Waals surface area contributed by atoms with Gasteiger partial charge in [-0.25, -0.2) is 4.98 Å². The molecular weight excluding hydrogens is 252 g/mol. The lowest BCUT2D eigenvalue weighted by atomic mass is 9.89. The molecule has 0 saturated carbocycles. The molecule has 0 spiro atoms. The first kappa shape index (κ1) is 14.1. The van der Waals surface area contributed by atoms with Gasteiger partial charge < -0.3 is 5.73 Å². The summed E-state index contributed by atoms with van der Waals surface area (Å²) in [5, 5.41) is 0.672. The van der Waals surface area contributed by atoms with Crippen molar-refractivity contribution in [3.05, 3.63) is 45.5 Å². The van der Waals surface area contributed by atoms with Crippen LogP contribution in [0, 0.1) is 13.8 Å².